The third-order valence-corrected chi connectivity index (χ3v) is 4.31. The Morgan fingerprint density at radius 2 is 2.24 bits per heavy atom. The van der Waals surface area contributed by atoms with E-state index in [0.29, 0.717) is 24.5 Å². The van der Waals surface area contributed by atoms with Crippen LogP contribution in [0, 0.1) is 11.3 Å². The molecule has 3 unspecified atom stereocenters. The molecule has 0 bridgehead atoms. The van der Waals surface area contributed by atoms with Gasteiger partial charge in [0.1, 0.15) is 17.9 Å². The summed E-state index contributed by atoms with van der Waals surface area (Å²) < 4.78 is 11.1. The molecule has 21 heavy (non-hydrogen) atoms. The van der Waals surface area contributed by atoms with Crippen LogP contribution in [0.1, 0.15) is 35.7 Å². The van der Waals surface area contributed by atoms with E-state index in [1.165, 1.54) is 0 Å². The van der Waals surface area contributed by atoms with Crippen LogP contribution in [0.5, 0.6) is 5.75 Å². The number of hydrogen-bond donors (Lipinski definition) is 0. The second kappa shape index (κ2) is 5.38. The van der Waals surface area contributed by atoms with E-state index in [-0.39, 0.29) is 24.5 Å². The number of para-hydroxylation sites is 1. The van der Waals surface area contributed by atoms with Gasteiger partial charge >= 0.3 is 0 Å². The monoisotopic (exact) mass is 286 g/mol. The van der Waals surface area contributed by atoms with Gasteiger partial charge in [-0.05, 0) is 13.0 Å². The summed E-state index contributed by atoms with van der Waals surface area (Å²) in [6.07, 6.45) is 0.0606. The molecule has 0 aromatic heterocycles. The molecule has 0 saturated carbocycles. The van der Waals surface area contributed by atoms with Crippen molar-refractivity contribution in [2.24, 2.45) is 0 Å². The number of carbonyl (C=O) groups is 1. The van der Waals surface area contributed by atoms with E-state index < -0.39 is 6.04 Å². The largest absolute Gasteiger partial charge is 0.489 e. The lowest BCUT2D eigenvalue weighted by Gasteiger charge is -2.31. The van der Waals surface area contributed by atoms with Gasteiger partial charge in [0, 0.05) is 18.0 Å². The Bertz CT molecular complexity index is 608. The average Bonchev–Trinajstić information content (AvgIpc) is 2.81. The quantitative estimate of drug-likeness (QED) is 0.791. The summed E-state index contributed by atoms with van der Waals surface area (Å²) in [4.78, 5) is 14.4. The Kier molecular flexibility index (Phi) is 3.56. The van der Waals surface area contributed by atoms with Crippen LogP contribution in [0.15, 0.2) is 18.2 Å². The van der Waals surface area contributed by atoms with Crippen LogP contribution in [0.2, 0.25) is 0 Å². The summed E-state index contributed by atoms with van der Waals surface area (Å²) in [5.74, 6) is 0.790. The van der Waals surface area contributed by atoms with Crippen molar-refractivity contribution in [2.75, 3.05) is 19.8 Å². The van der Waals surface area contributed by atoms with Crippen molar-refractivity contribution in [1.29, 1.82) is 5.26 Å². The first-order valence-corrected chi connectivity index (χ1v) is 7.21. The second-order valence-corrected chi connectivity index (χ2v) is 5.55. The van der Waals surface area contributed by atoms with Gasteiger partial charge in [-0.25, -0.2) is 0 Å². The number of fused-ring (bicyclic) bond motifs is 1. The van der Waals surface area contributed by atoms with Gasteiger partial charge in [-0.2, -0.15) is 5.26 Å². The molecular weight excluding hydrogens is 268 g/mol. The van der Waals surface area contributed by atoms with Crippen LogP contribution in [0.25, 0.3) is 0 Å². The Balaban J connectivity index is 1.95. The van der Waals surface area contributed by atoms with Crippen molar-refractivity contribution in [2.45, 2.75) is 31.9 Å². The predicted molar refractivity (Wildman–Crippen MR) is 76.2 cm³/mol. The lowest BCUT2D eigenvalue weighted by Crippen LogP contribution is -2.48. The van der Waals surface area contributed by atoms with Crippen molar-refractivity contribution in [3.8, 4) is 11.8 Å². The number of benzene rings is 1. The van der Waals surface area contributed by atoms with Crippen LogP contribution < -0.4 is 4.74 Å². The van der Waals surface area contributed by atoms with Gasteiger partial charge in [-0.1, -0.05) is 19.1 Å². The molecule has 5 nitrogen and oxygen atoms in total. The number of morpholine rings is 1. The average molecular weight is 286 g/mol. The van der Waals surface area contributed by atoms with E-state index in [9.17, 15) is 10.1 Å². The first-order valence-electron chi connectivity index (χ1n) is 7.21. The fourth-order valence-electron chi connectivity index (χ4n) is 2.86. The fourth-order valence-corrected chi connectivity index (χ4v) is 2.86. The predicted octanol–water partition coefficient (Wildman–Crippen LogP) is 1.94. The zero-order valence-electron chi connectivity index (χ0n) is 12.2. The standard InChI is InChI=1S/C16H18N2O3/c1-10-11(2)21-15-13(10)4-3-5-14(15)16(19)18-6-7-20-9-12(18)8-17/h3-5,10-12H,6-7,9H2,1-2H3. The lowest BCUT2D eigenvalue weighted by molar-refractivity contribution is 0.0130. The minimum atomic E-state index is -0.529. The van der Waals surface area contributed by atoms with E-state index >= 15 is 0 Å². The summed E-state index contributed by atoms with van der Waals surface area (Å²) in [6, 6.07) is 7.26. The van der Waals surface area contributed by atoms with Crippen LogP contribution in [0.4, 0.5) is 0 Å². The molecule has 0 spiro atoms. The molecular formula is C16H18N2O3. The summed E-state index contributed by atoms with van der Waals surface area (Å²) in [5.41, 5.74) is 1.61. The van der Waals surface area contributed by atoms with Gasteiger partial charge in [0.15, 0.2) is 0 Å². The van der Waals surface area contributed by atoms with Crippen molar-refractivity contribution in [3.63, 3.8) is 0 Å². The fraction of sp³-hybridized carbons (Fsp3) is 0.500. The number of nitrogens with zero attached hydrogens (tertiary/aromatic N) is 2. The Labute approximate surface area is 124 Å². The molecule has 110 valence electrons. The Hall–Kier alpha value is -2.06. The SMILES string of the molecule is CC1Oc2c(C(=O)N3CCOCC3C#N)cccc2C1C. The minimum absolute atomic E-state index is 0.0606. The summed E-state index contributed by atoms with van der Waals surface area (Å²) in [7, 11) is 0. The maximum Gasteiger partial charge on any atom is 0.258 e. The normalized spacial score (nSPS) is 27.7. The van der Waals surface area contributed by atoms with E-state index in [0.717, 1.165) is 5.56 Å². The number of amides is 1. The number of rotatable bonds is 1. The maximum absolute atomic E-state index is 12.8. The Morgan fingerprint density at radius 3 is 3.00 bits per heavy atom. The van der Waals surface area contributed by atoms with E-state index in [1.54, 1.807) is 11.0 Å². The van der Waals surface area contributed by atoms with E-state index in [2.05, 4.69) is 13.0 Å². The summed E-state index contributed by atoms with van der Waals surface area (Å²) >= 11 is 0. The molecule has 1 saturated heterocycles. The van der Waals surface area contributed by atoms with E-state index in [1.807, 2.05) is 19.1 Å². The van der Waals surface area contributed by atoms with Crippen LogP contribution in [0.3, 0.4) is 0 Å². The molecule has 0 N–H and O–H groups in total. The lowest BCUT2D eigenvalue weighted by atomic mass is 9.96. The molecule has 1 aromatic carbocycles. The van der Waals surface area contributed by atoms with Crippen molar-refractivity contribution < 1.29 is 14.3 Å². The molecule has 3 atom stereocenters. The van der Waals surface area contributed by atoms with Crippen molar-refractivity contribution in [1.82, 2.24) is 4.90 Å². The van der Waals surface area contributed by atoms with Crippen molar-refractivity contribution >= 4 is 5.91 Å². The highest BCUT2D eigenvalue weighted by Crippen LogP contribution is 2.40. The highest BCUT2D eigenvalue weighted by molar-refractivity contribution is 5.98. The number of nitriles is 1. The highest BCUT2D eigenvalue weighted by atomic mass is 16.5. The molecule has 5 heteroatoms. The third kappa shape index (κ3) is 2.26. The molecule has 2 aliphatic rings. The molecule has 1 aromatic rings. The smallest absolute Gasteiger partial charge is 0.258 e. The number of ether oxygens (including phenoxy) is 2. The van der Waals surface area contributed by atoms with Gasteiger partial charge in [-0.3, -0.25) is 4.79 Å². The first-order chi connectivity index (χ1) is 10.1. The van der Waals surface area contributed by atoms with E-state index in [4.69, 9.17) is 9.47 Å². The minimum Gasteiger partial charge on any atom is -0.489 e. The van der Waals surface area contributed by atoms with Gasteiger partial charge in [0.25, 0.3) is 5.91 Å². The van der Waals surface area contributed by atoms with Crippen LogP contribution >= 0.6 is 0 Å². The van der Waals surface area contributed by atoms with Gasteiger partial charge in [-0.15, -0.1) is 0 Å². The Morgan fingerprint density at radius 1 is 1.43 bits per heavy atom. The topological polar surface area (TPSA) is 62.6 Å². The molecule has 0 radical (unpaired) electrons. The molecule has 1 amide bonds. The zero-order chi connectivity index (χ0) is 15.0. The summed E-state index contributed by atoms with van der Waals surface area (Å²) in [5, 5.41) is 9.18. The molecule has 1 fully saturated rings. The van der Waals surface area contributed by atoms with Crippen LogP contribution in [-0.2, 0) is 4.74 Å². The van der Waals surface area contributed by atoms with Gasteiger partial charge in [0.2, 0.25) is 0 Å². The number of carbonyl (C=O) groups excluding carboxylic acids is 1. The zero-order valence-corrected chi connectivity index (χ0v) is 12.2. The number of hydrogen-bond acceptors (Lipinski definition) is 4. The molecule has 2 aliphatic heterocycles. The van der Waals surface area contributed by atoms with Crippen LogP contribution in [-0.4, -0.2) is 42.7 Å². The highest BCUT2D eigenvalue weighted by Gasteiger charge is 2.34. The molecule has 3 rings (SSSR count). The second-order valence-electron chi connectivity index (χ2n) is 5.55. The third-order valence-electron chi connectivity index (χ3n) is 4.31. The summed E-state index contributed by atoms with van der Waals surface area (Å²) in [6.45, 7) is 5.27. The maximum atomic E-state index is 12.8. The molecule has 0 aliphatic carbocycles. The first kappa shape index (κ1) is 13.9. The van der Waals surface area contributed by atoms with Crippen molar-refractivity contribution in [3.05, 3.63) is 29.3 Å². The van der Waals surface area contributed by atoms with Gasteiger partial charge < -0.3 is 14.4 Å². The molecule has 2 heterocycles. The van der Waals surface area contributed by atoms with Gasteiger partial charge in [0.05, 0.1) is 24.8 Å².